The molecule has 1 aromatic carbocycles. The topological polar surface area (TPSA) is 72.1 Å². The number of carbonyl (C=O) groups is 1. The molecule has 9 heteroatoms. The van der Waals surface area contributed by atoms with Gasteiger partial charge in [0.25, 0.3) is 5.91 Å². The minimum Gasteiger partial charge on any atom is -0.467 e. The van der Waals surface area contributed by atoms with Gasteiger partial charge in [0.15, 0.2) is 6.04 Å². The van der Waals surface area contributed by atoms with Crippen molar-refractivity contribution in [2.24, 2.45) is 0 Å². The monoisotopic (exact) mass is 404 g/mol. The highest BCUT2D eigenvalue weighted by molar-refractivity contribution is 6.07. The molecule has 0 saturated carbocycles. The molecule has 2 atom stereocenters. The summed E-state index contributed by atoms with van der Waals surface area (Å²) in [6.07, 6.45) is -2.25. The maximum atomic E-state index is 13.7. The number of aromatic nitrogens is 2. The van der Waals surface area contributed by atoms with Crippen LogP contribution in [0.25, 0.3) is 0 Å². The normalized spacial score (nSPS) is 18.8. The molecule has 2 N–H and O–H groups in total. The van der Waals surface area contributed by atoms with Crippen molar-refractivity contribution in [1.82, 2.24) is 9.78 Å². The summed E-state index contributed by atoms with van der Waals surface area (Å²) in [5.41, 5.74) is 2.53. The number of halogens is 3. The Morgan fingerprint density at radius 2 is 2.00 bits per heavy atom. The molecule has 1 aliphatic rings. The lowest BCUT2D eigenvalue weighted by atomic mass is 10.0. The second-order valence-corrected chi connectivity index (χ2v) is 7.19. The summed E-state index contributed by atoms with van der Waals surface area (Å²) in [7, 11) is 0. The molecule has 6 nitrogen and oxygen atoms in total. The van der Waals surface area contributed by atoms with E-state index in [1.165, 1.54) is 6.26 Å². The molecule has 2 aromatic heterocycles. The molecule has 29 heavy (non-hydrogen) atoms. The van der Waals surface area contributed by atoms with Gasteiger partial charge in [-0.3, -0.25) is 4.79 Å². The van der Waals surface area contributed by atoms with Crippen LogP contribution < -0.4 is 10.6 Å². The average Bonchev–Trinajstić information content (AvgIpc) is 3.28. The Bertz CT molecular complexity index is 1020. The Labute approximate surface area is 164 Å². The Morgan fingerprint density at radius 1 is 1.28 bits per heavy atom. The van der Waals surface area contributed by atoms with Gasteiger partial charge in [-0.2, -0.15) is 18.3 Å². The van der Waals surface area contributed by atoms with Crippen LogP contribution in [0.2, 0.25) is 0 Å². The number of fused-ring (bicyclic) bond motifs is 1. The van der Waals surface area contributed by atoms with Gasteiger partial charge in [0, 0.05) is 12.1 Å². The molecular weight excluding hydrogens is 385 g/mol. The van der Waals surface area contributed by atoms with Crippen LogP contribution in [0.15, 0.2) is 47.2 Å². The van der Waals surface area contributed by atoms with Gasteiger partial charge < -0.3 is 15.1 Å². The minimum atomic E-state index is -4.52. The van der Waals surface area contributed by atoms with Crippen LogP contribution in [0.1, 0.15) is 45.7 Å². The van der Waals surface area contributed by atoms with Crippen LogP contribution in [-0.4, -0.2) is 21.9 Å². The molecule has 0 unspecified atom stereocenters. The molecule has 1 aliphatic heterocycles. The summed E-state index contributed by atoms with van der Waals surface area (Å²) in [6, 6.07) is 6.16. The summed E-state index contributed by atoms with van der Waals surface area (Å²) >= 11 is 0. The van der Waals surface area contributed by atoms with Crippen molar-refractivity contribution < 1.29 is 22.4 Å². The summed E-state index contributed by atoms with van der Waals surface area (Å²) in [6.45, 7) is 3.79. The largest absolute Gasteiger partial charge is 0.467 e. The van der Waals surface area contributed by atoms with Crippen LogP contribution >= 0.6 is 0 Å². The van der Waals surface area contributed by atoms with Crippen molar-refractivity contribution in [1.29, 1.82) is 0 Å². The lowest BCUT2D eigenvalue weighted by Crippen LogP contribution is -2.36. The van der Waals surface area contributed by atoms with Crippen LogP contribution in [-0.2, 0) is 0 Å². The van der Waals surface area contributed by atoms with Crippen LogP contribution in [0.3, 0.4) is 0 Å². The number of anilines is 2. The third kappa shape index (κ3) is 3.72. The quantitative estimate of drug-likeness (QED) is 0.644. The number of amides is 1. The molecule has 0 fully saturated rings. The molecule has 0 radical (unpaired) electrons. The van der Waals surface area contributed by atoms with Crippen molar-refractivity contribution in [2.45, 2.75) is 38.5 Å². The number of rotatable bonds is 3. The van der Waals surface area contributed by atoms with Gasteiger partial charge in [-0.25, -0.2) is 4.68 Å². The Hall–Kier alpha value is -3.23. The SMILES string of the molecule is Cc1cc(C)cc(NC(=O)c2cnn3c2N[C@H](c2ccco2)C[C@H]3C(F)(F)F)c1. The average molecular weight is 404 g/mol. The summed E-state index contributed by atoms with van der Waals surface area (Å²) in [5.74, 6) is -0.154. The highest BCUT2D eigenvalue weighted by Crippen LogP contribution is 2.44. The van der Waals surface area contributed by atoms with Crippen molar-refractivity contribution in [3.8, 4) is 0 Å². The van der Waals surface area contributed by atoms with Crippen LogP contribution in [0.5, 0.6) is 0 Å². The van der Waals surface area contributed by atoms with Gasteiger partial charge in [0.1, 0.15) is 17.1 Å². The van der Waals surface area contributed by atoms with Gasteiger partial charge in [-0.15, -0.1) is 0 Å². The predicted octanol–water partition coefficient (Wildman–Crippen LogP) is 5.01. The molecule has 0 bridgehead atoms. The first kappa shape index (κ1) is 19.1. The second kappa shape index (κ2) is 6.98. The number of hydrogen-bond acceptors (Lipinski definition) is 4. The number of aryl methyl sites for hydroxylation is 2. The molecule has 152 valence electrons. The number of nitrogens with zero attached hydrogens (tertiary/aromatic N) is 2. The zero-order valence-electron chi connectivity index (χ0n) is 15.7. The van der Waals surface area contributed by atoms with Gasteiger partial charge in [0.05, 0.1) is 18.5 Å². The van der Waals surface area contributed by atoms with E-state index in [2.05, 4.69) is 15.7 Å². The highest BCUT2D eigenvalue weighted by atomic mass is 19.4. The van der Waals surface area contributed by atoms with Crippen molar-refractivity contribution >= 4 is 17.4 Å². The first-order chi connectivity index (χ1) is 13.7. The lowest BCUT2D eigenvalue weighted by molar-refractivity contribution is -0.174. The van der Waals surface area contributed by atoms with E-state index < -0.39 is 24.2 Å². The molecule has 1 amide bonds. The number of nitrogens with one attached hydrogen (secondary N) is 2. The third-order valence-corrected chi connectivity index (χ3v) is 4.85. The third-order valence-electron chi connectivity index (χ3n) is 4.85. The number of furan rings is 1. The molecular formula is C20H19F3N4O2. The van der Waals surface area contributed by atoms with E-state index in [0.29, 0.717) is 11.4 Å². The van der Waals surface area contributed by atoms with Gasteiger partial charge in [-0.05, 0) is 49.2 Å². The Balaban J connectivity index is 1.68. The fourth-order valence-electron chi connectivity index (χ4n) is 3.65. The molecule has 3 heterocycles. The number of benzene rings is 1. The summed E-state index contributed by atoms with van der Waals surface area (Å²) in [4.78, 5) is 12.8. The van der Waals surface area contributed by atoms with E-state index in [0.717, 1.165) is 22.0 Å². The van der Waals surface area contributed by atoms with E-state index in [-0.39, 0.29) is 17.8 Å². The van der Waals surface area contributed by atoms with E-state index in [4.69, 9.17) is 4.42 Å². The number of carbonyl (C=O) groups excluding carboxylic acids is 1. The van der Waals surface area contributed by atoms with Crippen molar-refractivity contribution in [3.05, 3.63) is 65.2 Å². The van der Waals surface area contributed by atoms with Gasteiger partial charge >= 0.3 is 6.18 Å². The summed E-state index contributed by atoms with van der Waals surface area (Å²) in [5, 5.41) is 9.59. The minimum absolute atomic E-state index is 0.0156. The van der Waals surface area contributed by atoms with Crippen molar-refractivity contribution in [3.63, 3.8) is 0 Å². The summed E-state index contributed by atoms with van der Waals surface area (Å²) < 4.78 is 47.1. The Morgan fingerprint density at radius 3 is 2.62 bits per heavy atom. The lowest BCUT2D eigenvalue weighted by Gasteiger charge is -2.32. The first-order valence-electron chi connectivity index (χ1n) is 9.06. The molecule has 0 aliphatic carbocycles. The number of hydrogen-bond donors (Lipinski definition) is 2. The zero-order chi connectivity index (χ0) is 20.8. The molecule has 4 rings (SSSR count). The molecule has 3 aromatic rings. The fraction of sp³-hybridized carbons (Fsp3) is 0.300. The predicted molar refractivity (Wildman–Crippen MR) is 101 cm³/mol. The number of alkyl halides is 3. The maximum Gasteiger partial charge on any atom is 0.410 e. The molecule has 0 saturated heterocycles. The maximum absolute atomic E-state index is 13.7. The standard InChI is InChI=1S/C20H19F3N4O2/c1-11-6-12(2)8-13(7-11)25-19(28)14-10-24-27-17(20(21,22)23)9-15(26-18(14)27)16-4-3-5-29-16/h3-8,10,15,17,26H,9H2,1-2H3,(H,25,28)/t15-,17-/m0/s1. The van der Waals surface area contributed by atoms with Gasteiger partial charge in [0.2, 0.25) is 0 Å². The van der Waals surface area contributed by atoms with E-state index >= 15 is 0 Å². The van der Waals surface area contributed by atoms with Gasteiger partial charge in [-0.1, -0.05) is 6.07 Å². The second-order valence-electron chi connectivity index (χ2n) is 7.19. The van der Waals surface area contributed by atoms with E-state index in [9.17, 15) is 18.0 Å². The zero-order valence-corrected chi connectivity index (χ0v) is 15.7. The van der Waals surface area contributed by atoms with Crippen molar-refractivity contribution in [2.75, 3.05) is 10.6 Å². The smallest absolute Gasteiger partial charge is 0.410 e. The first-order valence-corrected chi connectivity index (χ1v) is 9.06. The van der Waals surface area contributed by atoms with E-state index in [1.807, 2.05) is 19.9 Å². The van der Waals surface area contributed by atoms with E-state index in [1.54, 1.807) is 24.3 Å². The molecule has 0 spiro atoms. The van der Waals surface area contributed by atoms with Crippen LogP contribution in [0, 0.1) is 13.8 Å². The Kier molecular flexibility index (Phi) is 4.60. The highest BCUT2D eigenvalue weighted by Gasteiger charge is 2.47. The van der Waals surface area contributed by atoms with Crippen LogP contribution in [0.4, 0.5) is 24.7 Å². The fourth-order valence-corrected chi connectivity index (χ4v) is 3.65.